The van der Waals surface area contributed by atoms with Gasteiger partial charge in [0.2, 0.25) is 0 Å². The first-order valence-electron chi connectivity index (χ1n) is 6.36. The maximum atomic E-state index is 12.0. The van der Waals surface area contributed by atoms with Gasteiger partial charge in [-0.2, -0.15) is 0 Å². The summed E-state index contributed by atoms with van der Waals surface area (Å²) in [5.74, 6) is -0.00810. The molecule has 1 aromatic carbocycles. The third-order valence-electron chi connectivity index (χ3n) is 3.19. The lowest BCUT2D eigenvalue weighted by molar-refractivity contribution is 0.0954. The lowest BCUT2D eigenvalue weighted by Crippen LogP contribution is -2.25. The van der Waals surface area contributed by atoms with Crippen molar-refractivity contribution >= 4 is 47.7 Å². The van der Waals surface area contributed by atoms with E-state index in [1.807, 2.05) is 23.6 Å². The fourth-order valence-corrected chi connectivity index (χ4v) is 2.83. The summed E-state index contributed by atoms with van der Waals surface area (Å²) in [4.78, 5) is 16.2. The molecule has 1 amide bonds. The summed E-state index contributed by atoms with van der Waals surface area (Å²) in [5.41, 5.74) is 3.12. The first kappa shape index (κ1) is 17.8. The molecule has 2 N–H and O–H groups in total. The molecule has 114 valence electrons. The Morgan fingerprint density at radius 1 is 1.38 bits per heavy atom. The van der Waals surface area contributed by atoms with Gasteiger partial charge in [0, 0.05) is 42.3 Å². The average Bonchev–Trinajstić information content (AvgIpc) is 3.08. The van der Waals surface area contributed by atoms with E-state index in [0.29, 0.717) is 6.54 Å². The number of amides is 1. The van der Waals surface area contributed by atoms with Gasteiger partial charge in [-0.25, -0.2) is 4.98 Å². The molecule has 0 saturated carbocycles. The van der Waals surface area contributed by atoms with E-state index in [2.05, 4.69) is 15.6 Å². The van der Waals surface area contributed by atoms with Crippen LogP contribution in [-0.4, -0.2) is 24.0 Å². The predicted molar refractivity (Wildman–Crippen MR) is 91.3 cm³/mol. The third kappa shape index (κ3) is 4.33. The Kier molecular flexibility index (Phi) is 6.95. The SMILES string of the molecule is Cl.Cl.O=C(NCCc1nccs1)c1ccc2c(c1)CCN2. The topological polar surface area (TPSA) is 54.0 Å². The summed E-state index contributed by atoms with van der Waals surface area (Å²) in [6.07, 6.45) is 3.57. The van der Waals surface area contributed by atoms with Crippen LogP contribution in [-0.2, 0) is 12.8 Å². The molecule has 2 heterocycles. The molecule has 0 unspecified atom stereocenters. The van der Waals surface area contributed by atoms with E-state index >= 15 is 0 Å². The second kappa shape index (κ2) is 8.22. The molecule has 0 fully saturated rings. The Labute approximate surface area is 140 Å². The van der Waals surface area contributed by atoms with Crippen LogP contribution in [0.1, 0.15) is 20.9 Å². The van der Waals surface area contributed by atoms with Gasteiger partial charge >= 0.3 is 0 Å². The molecular weight excluding hydrogens is 329 g/mol. The largest absolute Gasteiger partial charge is 0.384 e. The van der Waals surface area contributed by atoms with Crippen LogP contribution in [0.5, 0.6) is 0 Å². The van der Waals surface area contributed by atoms with Crippen LogP contribution in [0, 0.1) is 0 Å². The molecule has 1 aliphatic rings. The van der Waals surface area contributed by atoms with Crippen LogP contribution in [0.25, 0.3) is 0 Å². The fraction of sp³-hybridized carbons (Fsp3) is 0.286. The fourth-order valence-electron chi connectivity index (χ4n) is 2.21. The van der Waals surface area contributed by atoms with Crippen molar-refractivity contribution in [2.24, 2.45) is 0 Å². The molecule has 21 heavy (non-hydrogen) atoms. The van der Waals surface area contributed by atoms with E-state index in [1.54, 1.807) is 17.5 Å². The van der Waals surface area contributed by atoms with Gasteiger partial charge < -0.3 is 10.6 Å². The number of nitrogens with one attached hydrogen (secondary N) is 2. The number of halogens is 2. The molecule has 2 aromatic rings. The summed E-state index contributed by atoms with van der Waals surface area (Å²) in [5, 5.41) is 9.23. The summed E-state index contributed by atoms with van der Waals surface area (Å²) >= 11 is 1.62. The van der Waals surface area contributed by atoms with Crippen molar-refractivity contribution in [3.05, 3.63) is 45.9 Å². The Morgan fingerprint density at radius 2 is 2.24 bits per heavy atom. The zero-order valence-corrected chi connectivity index (χ0v) is 13.7. The van der Waals surface area contributed by atoms with Gasteiger partial charge in [-0.15, -0.1) is 36.2 Å². The normalized spacial score (nSPS) is 11.6. The minimum Gasteiger partial charge on any atom is -0.384 e. The van der Waals surface area contributed by atoms with E-state index in [4.69, 9.17) is 0 Å². The van der Waals surface area contributed by atoms with Crippen LogP contribution in [0.3, 0.4) is 0 Å². The van der Waals surface area contributed by atoms with Crippen molar-refractivity contribution < 1.29 is 4.79 Å². The highest BCUT2D eigenvalue weighted by atomic mass is 35.5. The molecule has 7 heteroatoms. The number of hydrogen-bond donors (Lipinski definition) is 2. The summed E-state index contributed by atoms with van der Waals surface area (Å²) in [6, 6.07) is 5.84. The molecule has 0 aliphatic carbocycles. The monoisotopic (exact) mass is 345 g/mol. The Bertz CT molecular complexity index is 590. The van der Waals surface area contributed by atoms with Gasteiger partial charge in [0.15, 0.2) is 0 Å². The Balaban J connectivity index is 0.00000110. The number of thiazole rings is 1. The van der Waals surface area contributed by atoms with Crippen LogP contribution in [0.4, 0.5) is 5.69 Å². The van der Waals surface area contributed by atoms with Crippen molar-refractivity contribution in [2.75, 3.05) is 18.4 Å². The van der Waals surface area contributed by atoms with Crippen molar-refractivity contribution in [3.63, 3.8) is 0 Å². The van der Waals surface area contributed by atoms with Crippen LogP contribution >= 0.6 is 36.2 Å². The lowest BCUT2D eigenvalue weighted by atomic mass is 10.1. The van der Waals surface area contributed by atoms with Gasteiger partial charge in [0.1, 0.15) is 0 Å². The second-order valence-corrected chi connectivity index (χ2v) is 5.46. The van der Waals surface area contributed by atoms with Crippen molar-refractivity contribution in [3.8, 4) is 0 Å². The number of fused-ring (bicyclic) bond motifs is 1. The zero-order chi connectivity index (χ0) is 13.1. The maximum Gasteiger partial charge on any atom is 0.251 e. The molecule has 0 bridgehead atoms. The molecule has 3 rings (SSSR count). The number of benzene rings is 1. The molecule has 0 saturated heterocycles. The highest BCUT2D eigenvalue weighted by molar-refractivity contribution is 7.09. The standard InChI is InChI=1S/C14H15N3OS.2ClH/c18-14(17-6-4-13-16-7-8-19-13)11-1-2-12-10(9-11)3-5-15-12;;/h1-2,7-9,15H,3-6H2,(H,17,18);2*1H. The van der Waals surface area contributed by atoms with Gasteiger partial charge in [0.25, 0.3) is 5.91 Å². The lowest BCUT2D eigenvalue weighted by Gasteiger charge is -2.06. The Morgan fingerprint density at radius 3 is 3.00 bits per heavy atom. The number of nitrogens with zero attached hydrogens (tertiary/aromatic N) is 1. The maximum absolute atomic E-state index is 12.0. The highest BCUT2D eigenvalue weighted by Gasteiger charge is 2.13. The quantitative estimate of drug-likeness (QED) is 0.895. The van der Waals surface area contributed by atoms with Crippen LogP contribution in [0.15, 0.2) is 29.8 Å². The van der Waals surface area contributed by atoms with Gasteiger partial charge in [-0.05, 0) is 30.2 Å². The van der Waals surface area contributed by atoms with E-state index in [9.17, 15) is 4.79 Å². The van der Waals surface area contributed by atoms with Gasteiger partial charge in [0.05, 0.1) is 5.01 Å². The minimum absolute atomic E-state index is 0. The molecule has 0 radical (unpaired) electrons. The number of hydrogen-bond acceptors (Lipinski definition) is 4. The summed E-state index contributed by atoms with van der Waals surface area (Å²) in [7, 11) is 0. The van der Waals surface area contributed by atoms with E-state index < -0.39 is 0 Å². The van der Waals surface area contributed by atoms with E-state index in [-0.39, 0.29) is 30.7 Å². The summed E-state index contributed by atoms with van der Waals surface area (Å²) in [6.45, 7) is 1.59. The average molecular weight is 346 g/mol. The van der Waals surface area contributed by atoms with Crippen molar-refractivity contribution in [1.82, 2.24) is 10.3 Å². The molecule has 0 spiro atoms. The first-order chi connectivity index (χ1) is 9.33. The van der Waals surface area contributed by atoms with Crippen LogP contribution in [0.2, 0.25) is 0 Å². The van der Waals surface area contributed by atoms with Crippen molar-refractivity contribution in [1.29, 1.82) is 0 Å². The minimum atomic E-state index is -0.00810. The van der Waals surface area contributed by atoms with Gasteiger partial charge in [-0.3, -0.25) is 4.79 Å². The molecule has 4 nitrogen and oxygen atoms in total. The number of anilines is 1. The predicted octanol–water partition coefficient (Wildman–Crippen LogP) is 2.93. The van der Waals surface area contributed by atoms with Crippen LogP contribution < -0.4 is 10.6 Å². The molecular formula is C14H17Cl2N3OS. The number of carbonyl (C=O) groups is 1. The molecule has 0 atom stereocenters. The summed E-state index contributed by atoms with van der Waals surface area (Å²) < 4.78 is 0. The third-order valence-corrected chi connectivity index (χ3v) is 4.02. The highest BCUT2D eigenvalue weighted by Crippen LogP contribution is 2.22. The number of rotatable bonds is 4. The second-order valence-electron chi connectivity index (χ2n) is 4.48. The first-order valence-corrected chi connectivity index (χ1v) is 7.24. The zero-order valence-electron chi connectivity index (χ0n) is 11.3. The number of carbonyl (C=O) groups excluding carboxylic acids is 1. The van der Waals surface area contributed by atoms with Gasteiger partial charge in [-0.1, -0.05) is 0 Å². The molecule has 1 aromatic heterocycles. The van der Waals surface area contributed by atoms with E-state index in [1.165, 1.54) is 5.56 Å². The Hall–Kier alpha value is -1.30. The molecule has 1 aliphatic heterocycles. The van der Waals surface area contributed by atoms with Crippen molar-refractivity contribution in [2.45, 2.75) is 12.8 Å². The van der Waals surface area contributed by atoms with E-state index in [0.717, 1.165) is 35.6 Å². The smallest absolute Gasteiger partial charge is 0.251 e. The number of aromatic nitrogens is 1.